The Bertz CT molecular complexity index is 607. The van der Waals surface area contributed by atoms with Crippen molar-refractivity contribution in [3.63, 3.8) is 0 Å². The van der Waals surface area contributed by atoms with Gasteiger partial charge >= 0.3 is 7.12 Å². The fraction of sp³-hybridized carbons (Fsp3) is 0.143. The van der Waals surface area contributed by atoms with Gasteiger partial charge in [0.05, 0.1) is 0 Å². The first-order valence-corrected chi connectivity index (χ1v) is 6.08. The van der Waals surface area contributed by atoms with E-state index in [1.807, 2.05) is 0 Å². The topological polar surface area (TPSA) is 43.7 Å². The fourth-order valence-electron chi connectivity index (χ4n) is 1.99. The second-order valence-corrected chi connectivity index (χ2v) is 4.60. The van der Waals surface area contributed by atoms with Crippen LogP contribution in [0.4, 0.5) is 14.5 Å². The summed E-state index contributed by atoms with van der Waals surface area (Å²) in [6.07, 6.45) is 0. The number of halogens is 2. The van der Waals surface area contributed by atoms with Gasteiger partial charge in [-0.25, -0.2) is 8.78 Å². The van der Waals surface area contributed by atoms with Crippen molar-refractivity contribution >= 4 is 18.3 Å². The van der Waals surface area contributed by atoms with E-state index < -0.39 is 12.9 Å². The second-order valence-electron chi connectivity index (χ2n) is 4.60. The molecule has 0 heterocycles. The van der Waals surface area contributed by atoms with E-state index in [9.17, 15) is 8.78 Å². The van der Waals surface area contributed by atoms with Crippen molar-refractivity contribution < 1.29 is 18.8 Å². The van der Waals surface area contributed by atoms with Crippen LogP contribution in [0.3, 0.4) is 0 Å². The molecule has 2 aromatic rings. The summed E-state index contributed by atoms with van der Waals surface area (Å²) < 4.78 is 26.6. The van der Waals surface area contributed by atoms with Crippen LogP contribution in [-0.2, 0) is 6.54 Å². The van der Waals surface area contributed by atoms with E-state index in [1.54, 1.807) is 24.1 Å². The highest BCUT2D eigenvalue weighted by Crippen LogP contribution is 2.16. The van der Waals surface area contributed by atoms with Crippen molar-refractivity contribution in [2.75, 3.05) is 11.9 Å². The first-order valence-electron chi connectivity index (χ1n) is 6.08. The summed E-state index contributed by atoms with van der Waals surface area (Å²) in [5.41, 5.74) is 1.31. The number of anilines is 1. The average molecular weight is 277 g/mol. The van der Waals surface area contributed by atoms with Crippen LogP contribution in [0.5, 0.6) is 0 Å². The number of benzene rings is 2. The number of rotatable bonds is 4. The summed E-state index contributed by atoms with van der Waals surface area (Å²) in [7, 11) is 0.0262. The summed E-state index contributed by atoms with van der Waals surface area (Å²) >= 11 is 0. The van der Waals surface area contributed by atoms with Gasteiger partial charge in [-0.3, -0.25) is 0 Å². The quantitative estimate of drug-likeness (QED) is 0.827. The highest BCUT2D eigenvalue weighted by atomic mass is 19.1. The molecule has 0 bridgehead atoms. The van der Waals surface area contributed by atoms with Gasteiger partial charge in [0, 0.05) is 19.3 Å². The molecule has 0 saturated heterocycles. The molecule has 0 amide bonds. The molecule has 2 rings (SSSR count). The summed E-state index contributed by atoms with van der Waals surface area (Å²) in [6.45, 7) is 0.320. The van der Waals surface area contributed by atoms with Crippen molar-refractivity contribution in [2.45, 2.75) is 6.54 Å². The average Bonchev–Trinajstić information content (AvgIpc) is 2.37. The lowest BCUT2D eigenvalue weighted by molar-refractivity contribution is 0.425. The molecule has 0 saturated carbocycles. The molecule has 0 aromatic heterocycles. The van der Waals surface area contributed by atoms with Crippen molar-refractivity contribution in [1.29, 1.82) is 0 Å². The maximum absolute atomic E-state index is 13.4. The normalized spacial score (nSPS) is 10.4. The van der Waals surface area contributed by atoms with Crippen LogP contribution in [0.15, 0.2) is 42.5 Å². The van der Waals surface area contributed by atoms with E-state index in [-0.39, 0.29) is 11.3 Å². The Labute approximate surface area is 116 Å². The lowest BCUT2D eigenvalue weighted by Crippen LogP contribution is -2.31. The summed E-state index contributed by atoms with van der Waals surface area (Å²) in [5, 5.41) is 18.2. The van der Waals surface area contributed by atoms with Crippen LogP contribution in [0.1, 0.15) is 5.56 Å². The Morgan fingerprint density at radius 1 is 1.05 bits per heavy atom. The van der Waals surface area contributed by atoms with Gasteiger partial charge in [0.2, 0.25) is 0 Å². The second kappa shape index (κ2) is 6.03. The van der Waals surface area contributed by atoms with E-state index in [2.05, 4.69) is 0 Å². The van der Waals surface area contributed by atoms with E-state index in [1.165, 1.54) is 24.3 Å². The minimum Gasteiger partial charge on any atom is -0.423 e. The van der Waals surface area contributed by atoms with E-state index in [4.69, 9.17) is 10.0 Å². The third-order valence-electron chi connectivity index (χ3n) is 2.95. The van der Waals surface area contributed by atoms with Crippen molar-refractivity contribution in [1.82, 2.24) is 0 Å². The predicted octanol–water partition coefficient (Wildman–Crippen LogP) is 1.28. The maximum Gasteiger partial charge on any atom is 0.488 e. The Hall–Kier alpha value is -1.92. The van der Waals surface area contributed by atoms with E-state index in [0.29, 0.717) is 17.8 Å². The Kier molecular flexibility index (Phi) is 4.37. The highest BCUT2D eigenvalue weighted by Gasteiger charge is 2.14. The monoisotopic (exact) mass is 277 g/mol. The molecule has 0 unspecified atom stereocenters. The Balaban J connectivity index is 2.21. The van der Waals surface area contributed by atoms with Crippen LogP contribution in [0.2, 0.25) is 0 Å². The molecular formula is C14H14BF2NO2. The molecule has 0 aliphatic heterocycles. The highest BCUT2D eigenvalue weighted by molar-refractivity contribution is 6.58. The molecule has 0 spiro atoms. The van der Waals surface area contributed by atoms with Crippen LogP contribution in [0, 0.1) is 11.6 Å². The SMILES string of the molecule is CN(Cc1cc(F)cc(B(O)O)c1)c1cccc(F)c1. The van der Waals surface area contributed by atoms with E-state index >= 15 is 0 Å². The Morgan fingerprint density at radius 3 is 2.45 bits per heavy atom. The van der Waals surface area contributed by atoms with Crippen LogP contribution >= 0.6 is 0 Å². The molecule has 0 fully saturated rings. The van der Waals surface area contributed by atoms with Gasteiger partial charge in [-0.05, 0) is 41.4 Å². The molecule has 6 heteroatoms. The lowest BCUT2D eigenvalue weighted by atomic mass is 9.79. The summed E-state index contributed by atoms with van der Waals surface area (Å²) in [5.74, 6) is -0.890. The molecule has 3 nitrogen and oxygen atoms in total. The largest absolute Gasteiger partial charge is 0.488 e. The Morgan fingerprint density at radius 2 is 1.80 bits per heavy atom. The zero-order valence-corrected chi connectivity index (χ0v) is 10.9. The predicted molar refractivity (Wildman–Crippen MR) is 74.7 cm³/mol. The maximum atomic E-state index is 13.4. The van der Waals surface area contributed by atoms with Gasteiger partial charge in [-0.2, -0.15) is 0 Å². The molecule has 0 aliphatic rings. The third-order valence-corrected chi connectivity index (χ3v) is 2.95. The minimum atomic E-state index is -1.72. The number of hydrogen-bond acceptors (Lipinski definition) is 3. The number of hydrogen-bond donors (Lipinski definition) is 2. The zero-order chi connectivity index (χ0) is 14.7. The standard InChI is InChI=1S/C14H14BF2NO2/c1-18(14-4-2-3-12(16)8-14)9-10-5-11(15(19)20)7-13(17)6-10/h2-8,19-20H,9H2,1H3. The molecule has 2 N–H and O–H groups in total. The summed E-state index contributed by atoms with van der Waals surface area (Å²) in [6, 6.07) is 9.93. The van der Waals surface area contributed by atoms with Crippen LogP contribution in [0.25, 0.3) is 0 Å². The van der Waals surface area contributed by atoms with Gasteiger partial charge in [0.1, 0.15) is 11.6 Å². The first kappa shape index (κ1) is 14.5. The number of nitrogens with zero attached hydrogens (tertiary/aromatic N) is 1. The van der Waals surface area contributed by atoms with Crippen molar-refractivity contribution in [3.8, 4) is 0 Å². The smallest absolute Gasteiger partial charge is 0.423 e. The van der Waals surface area contributed by atoms with Crippen molar-refractivity contribution in [3.05, 3.63) is 59.7 Å². The molecule has 104 valence electrons. The van der Waals surface area contributed by atoms with E-state index in [0.717, 1.165) is 6.07 Å². The summed E-state index contributed by atoms with van der Waals surface area (Å²) in [4.78, 5) is 1.74. The molecule has 2 aromatic carbocycles. The van der Waals surface area contributed by atoms with Crippen molar-refractivity contribution in [2.24, 2.45) is 0 Å². The molecular weight excluding hydrogens is 263 g/mol. The molecule has 0 aliphatic carbocycles. The van der Waals surface area contributed by atoms with Gasteiger partial charge in [0.25, 0.3) is 0 Å². The zero-order valence-electron chi connectivity index (χ0n) is 10.9. The van der Waals surface area contributed by atoms with Gasteiger partial charge < -0.3 is 14.9 Å². The van der Waals surface area contributed by atoms with Gasteiger partial charge in [0.15, 0.2) is 0 Å². The van der Waals surface area contributed by atoms with Gasteiger partial charge in [-0.15, -0.1) is 0 Å². The fourth-order valence-corrected chi connectivity index (χ4v) is 1.99. The van der Waals surface area contributed by atoms with Crippen LogP contribution in [-0.4, -0.2) is 24.2 Å². The van der Waals surface area contributed by atoms with Gasteiger partial charge in [-0.1, -0.05) is 12.1 Å². The third kappa shape index (κ3) is 3.56. The first-order chi connectivity index (χ1) is 9.45. The van der Waals surface area contributed by atoms with Crippen LogP contribution < -0.4 is 10.4 Å². The minimum absolute atomic E-state index is 0.0904. The molecule has 0 atom stereocenters. The molecule has 0 radical (unpaired) electrons. The molecule has 20 heavy (non-hydrogen) atoms. The lowest BCUT2D eigenvalue weighted by Gasteiger charge is -2.20.